The molecule has 0 fully saturated rings. The molecule has 1 unspecified atom stereocenters. The van der Waals surface area contributed by atoms with E-state index in [1.165, 1.54) is 12.1 Å². The number of hydrogen-bond donors (Lipinski definition) is 2. The van der Waals surface area contributed by atoms with Crippen molar-refractivity contribution in [2.45, 2.75) is 37.1 Å². The van der Waals surface area contributed by atoms with Gasteiger partial charge in [0.15, 0.2) is 9.84 Å². The lowest BCUT2D eigenvalue weighted by Crippen LogP contribution is -2.37. The zero-order chi connectivity index (χ0) is 15.9. The quantitative estimate of drug-likeness (QED) is 0.536. The molecule has 2 N–H and O–H groups in total. The van der Waals surface area contributed by atoms with Crippen LogP contribution in [0.4, 0.5) is 4.39 Å². The Morgan fingerprint density at radius 2 is 1.95 bits per heavy atom. The molecule has 0 saturated heterocycles. The third kappa shape index (κ3) is 5.81. The van der Waals surface area contributed by atoms with Crippen LogP contribution in [-0.4, -0.2) is 37.8 Å². The summed E-state index contributed by atoms with van der Waals surface area (Å²) >= 11 is 0. The van der Waals surface area contributed by atoms with Gasteiger partial charge >= 0.3 is 5.97 Å². The van der Waals surface area contributed by atoms with Gasteiger partial charge < -0.3 is 10.4 Å². The van der Waals surface area contributed by atoms with Crippen LogP contribution in [0.1, 0.15) is 26.2 Å². The molecular weight excluding hydrogens is 297 g/mol. The van der Waals surface area contributed by atoms with Crippen LogP contribution in [0.3, 0.4) is 0 Å². The lowest BCUT2D eigenvalue weighted by Gasteiger charge is -2.13. The molecule has 1 atom stereocenters. The number of aliphatic carboxylic acids is 1. The maximum Gasteiger partial charge on any atom is 0.320 e. The van der Waals surface area contributed by atoms with Crippen LogP contribution in [-0.2, 0) is 14.6 Å². The van der Waals surface area contributed by atoms with Gasteiger partial charge in [-0.15, -0.1) is 0 Å². The molecule has 0 radical (unpaired) electrons. The van der Waals surface area contributed by atoms with Gasteiger partial charge in [-0.2, -0.15) is 0 Å². The van der Waals surface area contributed by atoms with Gasteiger partial charge in [0.05, 0.1) is 10.6 Å². The summed E-state index contributed by atoms with van der Waals surface area (Å²) in [4.78, 5) is 11.0. The van der Waals surface area contributed by atoms with E-state index < -0.39 is 27.7 Å². The van der Waals surface area contributed by atoms with E-state index in [4.69, 9.17) is 5.11 Å². The minimum Gasteiger partial charge on any atom is -0.480 e. The normalized spacial score (nSPS) is 13.0. The maximum atomic E-state index is 12.8. The Morgan fingerprint density at radius 1 is 1.33 bits per heavy atom. The Labute approximate surface area is 124 Å². The molecule has 0 spiro atoms. The van der Waals surface area contributed by atoms with Gasteiger partial charge in [-0.25, -0.2) is 12.8 Å². The molecular formula is C14H20FNO4S. The van der Waals surface area contributed by atoms with Crippen molar-refractivity contribution < 1.29 is 22.7 Å². The van der Waals surface area contributed by atoms with Crippen molar-refractivity contribution in [1.29, 1.82) is 0 Å². The molecule has 0 amide bonds. The number of benzene rings is 1. The molecule has 5 nitrogen and oxygen atoms in total. The number of hydrogen-bond acceptors (Lipinski definition) is 4. The topological polar surface area (TPSA) is 83.5 Å². The van der Waals surface area contributed by atoms with Crippen LogP contribution in [0.25, 0.3) is 0 Å². The Kier molecular flexibility index (Phi) is 6.77. The predicted molar refractivity (Wildman–Crippen MR) is 77.4 cm³/mol. The van der Waals surface area contributed by atoms with Gasteiger partial charge in [-0.1, -0.05) is 13.3 Å². The second-order valence-electron chi connectivity index (χ2n) is 4.76. The lowest BCUT2D eigenvalue weighted by atomic mass is 10.1. The van der Waals surface area contributed by atoms with Crippen LogP contribution in [0.5, 0.6) is 0 Å². The first-order chi connectivity index (χ1) is 9.86. The first-order valence-electron chi connectivity index (χ1n) is 6.81. The molecule has 0 aromatic heterocycles. The Morgan fingerprint density at radius 3 is 2.48 bits per heavy atom. The van der Waals surface area contributed by atoms with E-state index in [1.54, 1.807) is 0 Å². The molecule has 1 rings (SSSR count). The van der Waals surface area contributed by atoms with Crippen LogP contribution in [0.15, 0.2) is 29.2 Å². The zero-order valence-corrected chi connectivity index (χ0v) is 12.7. The number of carboxylic acid groups (broad SMARTS) is 1. The van der Waals surface area contributed by atoms with Gasteiger partial charge in [0.2, 0.25) is 0 Å². The summed E-state index contributed by atoms with van der Waals surface area (Å²) in [5, 5.41) is 11.8. The summed E-state index contributed by atoms with van der Waals surface area (Å²) in [5.74, 6) is -1.53. The van der Waals surface area contributed by atoms with Gasteiger partial charge in [-0.05, 0) is 43.7 Å². The second-order valence-corrected chi connectivity index (χ2v) is 6.87. The van der Waals surface area contributed by atoms with Crippen molar-refractivity contribution in [2.75, 3.05) is 12.3 Å². The fraction of sp³-hybridized carbons (Fsp3) is 0.500. The van der Waals surface area contributed by atoms with E-state index in [9.17, 15) is 17.6 Å². The fourth-order valence-corrected chi connectivity index (χ4v) is 3.21. The van der Waals surface area contributed by atoms with E-state index in [2.05, 4.69) is 5.32 Å². The SMILES string of the molecule is CCCC(NCCCS(=O)(=O)c1ccc(F)cc1)C(=O)O. The Hall–Kier alpha value is -1.47. The summed E-state index contributed by atoms with van der Waals surface area (Å²) in [7, 11) is -3.46. The minimum atomic E-state index is -3.46. The van der Waals surface area contributed by atoms with E-state index in [0.717, 1.165) is 18.6 Å². The molecule has 118 valence electrons. The third-order valence-corrected chi connectivity index (χ3v) is 4.85. The molecule has 0 aliphatic carbocycles. The van der Waals surface area contributed by atoms with Crippen molar-refractivity contribution in [1.82, 2.24) is 5.32 Å². The Bertz CT molecular complexity index is 557. The summed E-state index contributed by atoms with van der Waals surface area (Å²) in [6, 6.07) is 4.02. The number of carbonyl (C=O) groups is 1. The molecule has 0 saturated carbocycles. The molecule has 1 aromatic carbocycles. The highest BCUT2D eigenvalue weighted by atomic mass is 32.2. The summed E-state index contributed by atoms with van der Waals surface area (Å²) in [5.41, 5.74) is 0. The number of carboxylic acids is 1. The number of sulfone groups is 1. The molecule has 0 aliphatic heterocycles. The first-order valence-corrected chi connectivity index (χ1v) is 8.46. The molecule has 0 bridgehead atoms. The highest BCUT2D eigenvalue weighted by Gasteiger charge is 2.17. The van der Waals surface area contributed by atoms with Crippen molar-refractivity contribution >= 4 is 15.8 Å². The zero-order valence-electron chi connectivity index (χ0n) is 11.9. The average Bonchev–Trinajstić information content (AvgIpc) is 2.42. The van der Waals surface area contributed by atoms with Gasteiger partial charge in [0.1, 0.15) is 11.9 Å². The molecule has 1 aromatic rings. The van der Waals surface area contributed by atoms with E-state index in [0.29, 0.717) is 19.4 Å². The maximum absolute atomic E-state index is 12.8. The summed E-state index contributed by atoms with van der Waals surface area (Å²) in [6.07, 6.45) is 1.53. The number of nitrogens with one attached hydrogen (secondary N) is 1. The largest absolute Gasteiger partial charge is 0.480 e. The van der Waals surface area contributed by atoms with Gasteiger partial charge in [0, 0.05) is 0 Å². The predicted octanol–water partition coefficient (Wildman–Crippen LogP) is 1.83. The Balaban J connectivity index is 2.47. The van der Waals surface area contributed by atoms with Crippen LogP contribution < -0.4 is 5.32 Å². The molecule has 0 heterocycles. The van der Waals surface area contributed by atoms with Gasteiger partial charge in [-0.3, -0.25) is 4.79 Å². The van der Waals surface area contributed by atoms with Gasteiger partial charge in [0.25, 0.3) is 0 Å². The highest BCUT2D eigenvalue weighted by molar-refractivity contribution is 7.91. The van der Waals surface area contributed by atoms with Crippen molar-refractivity contribution in [3.05, 3.63) is 30.1 Å². The van der Waals surface area contributed by atoms with Crippen LogP contribution in [0.2, 0.25) is 0 Å². The minimum absolute atomic E-state index is 0.0762. The highest BCUT2D eigenvalue weighted by Crippen LogP contribution is 2.12. The second kappa shape index (κ2) is 8.09. The van der Waals surface area contributed by atoms with Crippen molar-refractivity contribution in [3.8, 4) is 0 Å². The van der Waals surface area contributed by atoms with E-state index in [-0.39, 0.29) is 10.6 Å². The molecule has 7 heteroatoms. The van der Waals surface area contributed by atoms with Crippen molar-refractivity contribution in [3.63, 3.8) is 0 Å². The van der Waals surface area contributed by atoms with E-state index in [1.807, 2.05) is 6.92 Å². The van der Waals surface area contributed by atoms with Crippen LogP contribution >= 0.6 is 0 Å². The fourth-order valence-electron chi connectivity index (χ4n) is 1.90. The lowest BCUT2D eigenvalue weighted by molar-refractivity contribution is -0.139. The standard InChI is InChI=1S/C14H20FNO4S/c1-2-4-13(14(17)18)16-9-3-10-21(19,20)12-7-5-11(15)6-8-12/h5-8,13,16H,2-4,9-10H2,1H3,(H,17,18). The monoisotopic (exact) mass is 317 g/mol. The smallest absolute Gasteiger partial charge is 0.320 e. The number of halogens is 1. The third-order valence-electron chi connectivity index (χ3n) is 3.03. The average molecular weight is 317 g/mol. The summed E-state index contributed by atoms with van der Waals surface area (Å²) < 4.78 is 36.7. The number of rotatable bonds is 9. The molecule has 0 aliphatic rings. The first kappa shape index (κ1) is 17.6. The van der Waals surface area contributed by atoms with E-state index >= 15 is 0 Å². The summed E-state index contributed by atoms with van der Waals surface area (Å²) in [6.45, 7) is 2.19. The van der Waals surface area contributed by atoms with Crippen LogP contribution in [0, 0.1) is 5.82 Å². The van der Waals surface area contributed by atoms with Crippen molar-refractivity contribution in [2.24, 2.45) is 0 Å². The molecule has 21 heavy (non-hydrogen) atoms.